The standard InChI is InChI=1S/C16H19NO2/c1-3-4-5-12-6-7-15-14(9-12)11(2)8-13(17-15)10-16(18)19/h6-9H,3-5,10H2,1-2H3,(H,18,19). The van der Waals surface area contributed by atoms with Crippen molar-refractivity contribution in [2.45, 2.75) is 39.5 Å². The number of carboxylic acid groups (broad SMARTS) is 1. The molecule has 0 aliphatic carbocycles. The molecular formula is C16H19NO2. The zero-order valence-electron chi connectivity index (χ0n) is 11.4. The summed E-state index contributed by atoms with van der Waals surface area (Å²) in [6.45, 7) is 4.20. The summed E-state index contributed by atoms with van der Waals surface area (Å²) in [6.07, 6.45) is 3.44. The molecule has 1 aromatic heterocycles. The van der Waals surface area contributed by atoms with Crippen LogP contribution in [0.15, 0.2) is 24.3 Å². The Balaban J connectivity index is 2.38. The van der Waals surface area contributed by atoms with E-state index in [2.05, 4.69) is 24.0 Å². The first kappa shape index (κ1) is 13.5. The average molecular weight is 257 g/mol. The maximum absolute atomic E-state index is 10.7. The van der Waals surface area contributed by atoms with Gasteiger partial charge in [-0.15, -0.1) is 0 Å². The summed E-state index contributed by atoms with van der Waals surface area (Å²) in [5, 5.41) is 9.96. The van der Waals surface area contributed by atoms with E-state index in [0.717, 1.165) is 22.9 Å². The minimum atomic E-state index is -0.842. The van der Waals surface area contributed by atoms with Gasteiger partial charge in [0.1, 0.15) is 0 Å². The summed E-state index contributed by atoms with van der Waals surface area (Å²) in [4.78, 5) is 15.2. The van der Waals surface area contributed by atoms with Crippen molar-refractivity contribution in [2.24, 2.45) is 0 Å². The van der Waals surface area contributed by atoms with E-state index in [-0.39, 0.29) is 6.42 Å². The molecule has 0 saturated heterocycles. The van der Waals surface area contributed by atoms with Crippen LogP contribution < -0.4 is 0 Å². The zero-order chi connectivity index (χ0) is 13.8. The van der Waals surface area contributed by atoms with Crippen molar-refractivity contribution < 1.29 is 9.90 Å². The second-order valence-corrected chi connectivity index (χ2v) is 4.96. The van der Waals surface area contributed by atoms with Crippen LogP contribution in [-0.2, 0) is 17.6 Å². The van der Waals surface area contributed by atoms with Crippen LogP contribution in [0.2, 0.25) is 0 Å². The molecule has 0 spiro atoms. The third kappa shape index (κ3) is 3.31. The zero-order valence-corrected chi connectivity index (χ0v) is 11.4. The van der Waals surface area contributed by atoms with Gasteiger partial charge in [-0.25, -0.2) is 0 Å². The third-order valence-corrected chi connectivity index (χ3v) is 3.28. The Morgan fingerprint density at radius 1 is 1.32 bits per heavy atom. The maximum atomic E-state index is 10.7. The van der Waals surface area contributed by atoms with Crippen molar-refractivity contribution in [3.05, 3.63) is 41.1 Å². The molecule has 2 rings (SSSR count). The summed E-state index contributed by atoms with van der Waals surface area (Å²) >= 11 is 0. The van der Waals surface area contributed by atoms with Gasteiger partial charge in [-0.05, 0) is 49.1 Å². The van der Waals surface area contributed by atoms with Gasteiger partial charge in [0, 0.05) is 5.39 Å². The van der Waals surface area contributed by atoms with Crippen molar-refractivity contribution >= 4 is 16.9 Å². The lowest BCUT2D eigenvalue weighted by Crippen LogP contribution is -2.03. The number of carbonyl (C=O) groups is 1. The number of nitrogens with zero attached hydrogens (tertiary/aromatic N) is 1. The molecule has 19 heavy (non-hydrogen) atoms. The van der Waals surface area contributed by atoms with Crippen LogP contribution in [0.25, 0.3) is 10.9 Å². The van der Waals surface area contributed by atoms with Gasteiger partial charge in [-0.3, -0.25) is 9.78 Å². The number of unbranched alkanes of at least 4 members (excludes halogenated alkanes) is 1. The summed E-state index contributed by atoms with van der Waals surface area (Å²) in [6, 6.07) is 8.14. The lowest BCUT2D eigenvalue weighted by Gasteiger charge is -2.07. The van der Waals surface area contributed by atoms with Crippen LogP contribution in [0.5, 0.6) is 0 Å². The minimum absolute atomic E-state index is 0.0195. The van der Waals surface area contributed by atoms with E-state index in [9.17, 15) is 4.79 Å². The van der Waals surface area contributed by atoms with Crippen molar-refractivity contribution in [3.8, 4) is 0 Å². The van der Waals surface area contributed by atoms with E-state index < -0.39 is 5.97 Å². The predicted octanol–water partition coefficient (Wildman–Crippen LogP) is 3.51. The Bertz CT molecular complexity index is 605. The molecule has 1 heterocycles. The first-order valence-corrected chi connectivity index (χ1v) is 6.71. The SMILES string of the molecule is CCCCc1ccc2nc(CC(=O)O)cc(C)c2c1. The van der Waals surface area contributed by atoms with Crippen LogP contribution in [-0.4, -0.2) is 16.1 Å². The molecule has 1 aromatic carbocycles. The Hall–Kier alpha value is -1.90. The van der Waals surface area contributed by atoms with Gasteiger partial charge in [0.25, 0.3) is 0 Å². The first-order chi connectivity index (χ1) is 9.10. The molecule has 1 N–H and O–H groups in total. The van der Waals surface area contributed by atoms with Crippen molar-refractivity contribution in [2.75, 3.05) is 0 Å². The fourth-order valence-corrected chi connectivity index (χ4v) is 2.29. The van der Waals surface area contributed by atoms with Gasteiger partial charge in [0.2, 0.25) is 0 Å². The summed E-state index contributed by atoms with van der Waals surface area (Å²) < 4.78 is 0. The Labute approximate surface area is 113 Å². The van der Waals surface area contributed by atoms with Crippen LogP contribution in [0.3, 0.4) is 0 Å². The van der Waals surface area contributed by atoms with E-state index in [1.807, 2.05) is 19.1 Å². The quantitative estimate of drug-likeness (QED) is 0.891. The van der Waals surface area contributed by atoms with Crippen molar-refractivity contribution in [3.63, 3.8) is 0 Å². The second-order valence-electron chi connectivity index (χ2n) is 4.96. The number of hydrogen-bond acceptors (Lipinski definition) is 2. The lowest BCUT2D eigenvalue weighted by molar-refractivity contribution is -0.136. The molecule has 0 bridgehead atoms. The van der Waals surface area contributed by atoms with E-state index in [0.29, 0.717) is 5.69 Å². The molecule has 0 unspecified atom stereocenters. The number of aliphatic carboxylic acids is 1. The fourth-order valence-electron chi connectivity index (χ4n) is 2.29. The number of hydrogen-bond donors (Lipinski definition) is 1. The van der Waals surface area contributed by atoms with Crippen LogP contribution >= 0.6 is 0 Å². The van der Waals surface area contributed by atoms with Crippen molar-refractivity contribution in [1.82, 2.24) is 4.98 Å². The third-order valence-electron chi connectivity index (χ3n) is 3.28. The maximum Gasteiger partial charge on any atom is 0.309 e. The van der Waals surface area contributed by atoms with Gasteiger partial charge >= 0.3 is 5.97 Å². The second kappa shape index (κ2) is 5.83. The van der Waals surface area contributed by atoms with E-state index in [1.54, 1.807) is 0 Å². The molecule has 0 amide bonds. The molecule has 3 nitrogen and oxygen atoms in total. The monoisotopic (exact) mass is 257 g/mol. The predicted molar refractivity (Wildman–Crippen MR) is 76.4 cm³/mol. The highest BCUT2D eigenvalue weighted by Gasteiger charge is 2.07. The van der Waals surface area contributed by atoms with E-state index >= 15 is 0 Å². The lowest BCUT2D eigenvalue weighted by atomic mass is 10.0. The molecule has 0 atom stereocenters. The van der Waals surface area contributed by atoms with Gasteiger partial charge in [0.15, 0.2) is 0 Å². The van der Waals surface area contributed by atoms with Crippen LogP contribution in [0, 0.1) is 6.92 Å². The van der Waals surface area contributed by atoms with Crippen LogP contribution in [0.4, 0.5) is 0 Å². The number of benzene rings is 1. The van der Waals surface area contributed by atoms with Crippen LogP contribution in [0.1, 0.15) is 36.6 Å². The summed E-state index contributed by atoms with van der Waals surface area (Å²) in [5.74, 6) is -0.842. The topological polar surface area (TPSA) is 50.2 Å². The number of carboxylic acids is 1. The first-order valence-electron chi connectivity index (χ1n) is 6.71. The highest BCUT2D eigenvalue weighted by molar-refractivity contribution is 5.83. The summed E-state index contributed by atoms with van der Waals surface area (Å²) in [5.41, 5.74) is 3.93. The smallest absolute Gasteiger partial charge is 0.309 e. The molecule has 0 fully saturated rings. The highest BCUT2D eigenvalue weighted by Crippen LogP contribution is 2.20. The number of aryl methyl sites for hydroxylation is 2. The normalized spacial score (nSPS) is 10.8. The van der Waals surface area contributed by atoms with Gasteiger partial charge in [-0.1, -0.05) is 19.4 Å². The van der Waals surface area contributed by atoms with Crippen molar-refractivity contribution in [1.29, 1.82) is 0 Å². The molecule has 0 saturated carbocycles. The molecule has 3 heteroatoms. The Morgan fingerprint density at radius 2 is 2.11 bits per heavy atom. The average Bonchev–Trinajstić information content (AvgIpc) is 2.36. The molecule has 0 aliphatic heterocycles. The number of pyridine rings is 1. The molecule has 2 aromatic rings. The minimum Gasteiger partial charge on any atom is -0.481 e. The Morgan fingerprint density at radius 3 is 2.79 bits per heavy atom. The van der Waals surface area contributed by atoms with Gasteiger partial charge in [0.05, 0.1) is 17.6 Å². The van der Waals surface area contributed by atoms with E-state index in [1.165, 1.54) is 18.4 Å². The molecule has 0 aliphatic rings. The van der Waals surface area contributed by atoms with Gasteiger partial charge in [-0.2, -0.15) is 0 Å². The largest absolute Gasteiger partial charge is 0.481 e. The molecular weight excluding hydrogens is 238 g/mol. The van der Waals surface area contributed by atoms with Gasteiger partial charge < -0.3 is 5.11 Å². The van der Waals surface area contributed by atoms with E-state index in [4.69, 9.17) is 5.11 Å². The number of fused-ring (bicyclic) bond motifs is 1. The molecule has 0 radical (unpaired) electrons. The highest BCUT2D eigenvalue weighted by atomic mass is 16.4. The number of aromatic nitrogens is 1. The fraction of sp³-hybridized carbons (Fsp3) is 0.375. The molecule has 100 valence electrons. The Kier molecular flexibility index (Phi) is 4.15. The number of rotatable bonds is 5. The summed E-state index contributed by atoms with van der Waals surface area (Å²) in [7, 11) is 0.